The average Bonchev–Trinajstić information content (AvgIpc) is 3.60. The molecule has 0 unspecified atom stereocenters. The van der Waals surface area contributed by atoms with E-state index in [2.05, 4.69) is 15.3 Å². The van der Waals surface area contributed by atoms with Gasteiger partial charge in [-0.05, 0) is 42.2 Å². The zero-order valence-corrected chi connectivity index (χ0v) is 17.2. The third-order valence-electron chi connectivity index (χ3n) is 5.67. The number of amides is 2. The molecule has 2 amide bonds. The Bertz CT molecular complexity index is 1140. The molecule has 1 aliphatic heterocycles. The van der Waals surface area contributed by atoms with Crippen LogP contribution in [0.5, 0.6) is 5.75 Å². The molecule has 2 aromatic carbocycles. The predicted octanol–water partition coefficient (Wildman–Crippen LogP) is 3.77. The first-order valence-electron chi connectivity index (χ1n) is 10.3. The topological polar surface area (TPSA) is 84.4 Å². The minimum atomic E-state index is -0.322. The van der Waals surface area contributed by atoms with Crippen molar-refractivity contribution in [3.8, 4) is 5.75 Å². The van der Waals surface area contributed by atoms with E-state index in [-0.39, 0.29) is 11.8 Å². The zero-order chi connectivity index (χ0) is 21.4. The molecule has 3 aromatic rings. The van der Waals surface area contributed by atoms with Gasteiger partial charge in [-0.1, -0.05) is 24.3 Å². The van der Waals surface area contributed by atoms with Crippen LogP contribution in [0.1, 0.15) is 56.4 Å². The standard InChI is InChI=1S/C24H22N4O3/c1-31-19-9-5-15(6-10-19)13-28-14-17-3-2-4-20(21(17)24(28)30)27-23(29)18-11-25-22(26-12-18)16-7-8-16/h2-6,9-12,16H,7-8,13-14H2,1H3,(H,27,29). The molecule has 0 atom stereocenters. The summed E-state index contributed by atoms with van der Waals surface area (Å²) in [7, 11) is 1.62. The summed E-state index contributed by atoms with van der Waals surface area (Å²) in [6.07, 6.45) is 5.32. The van der Waals surface area contributed by atoms with Gasteiger partial charge in [0.15, 0.2) is 0 Å². The number of benzene rings is 2. The quantitative estimate of drug-likeness (QED) is 0.664. The molecule has 1 saturated carbocycles. The third-order valence-corrected chi connectivity index (χ3v) is 5.67. The minimum Gasteiger partial charge on any atom is -0.497 e. The molecular formula is C24H22N4O3. The molecule has 2 heterocycles. The fourth-order valence-corrected chi connectivity index (χ4v) is 3.81. The highest BCUT2D eigenvalue weighted by Crippen LogP contribution is 2.37. The number of hydrogen-bond acceptors (Lipinski definition) is 5. The van der Waals surface area contributed by atoms with Crippen molar-refractivity contribution >= 4 is 17.5 Å². The SMILES string of the molecule is COc1ccc(CN2Cc3cccc(NC(=O)c4cnc(C5CC5)nc4)c3C2=O)cc1. The number of carbonyl (C=O) groups is 2. The molecule has 1 fully saturated rings. The molecule has 31 heavy (non-hydrogen) atoms. The summed E-state index contributed by atoms with van der Waals surface area (Å²) < 4.78 is 5.19. The van der Waals surface area contributed by atoms with E-state index < -0.39 is 0 Å². The highest BCUT2D eigenvalue weighted by atomic mass is 16.5. The van der Waals surface area contributed by atoms with Crippen molar-refractivity contribution < 1.29 is 14.3 Å². The van der Waals surface area contributed by atoms with E-state index in [1.807, 2.05) is 36.4 Å². The van der Waals surface area contributed by atoms with Crippen molar-refractivity contribution in [2.75, 3.05) is 12.4 Å². The van der Waals surface area contributed by atoms with Gasteiger partial charge in [0.2, 0.25) is 0 Å². The van der Waals surface area contributed by atoms with Gasteiger partial charge in [-0.15, -0.1) is 0 Å². The summed E-state index contributed by atoms with van der Waals surface area (Å²) >= 11 is 0. The number of methoxy groups -OCH3 is 1. The second kappa shape index (κ2) is 7.83. The molecule has 2 aliphatic rings. The fraction of sp³-hybridized carbons (Fsp3) is 0.250. The Kier molecular flexibility index (Phi) is 4.86. The van der Waals surface area contributed by atoms with Gasteiger partial charge >= 0.3 is 0 Å². The Hall–Kier alpha value is -3.74. The lowest BCUT2D eigenvalue weighted by Crippen LogP contribution is -2.24. The number of hydrogen-bond donors (Lipinski definition) is 1. The maximum atomic E-state index is 13.1. The monoisotopic (exact) mass is 414 g/mol. The number of anilines is 1. The van der Waals surface area contributed by atoms with E-state index in [1.54, 1.807) is 30.5 Å². The number of fused-ring (bicyclic) bond motifs is 1. The molecule has 156 valence electrons. The predicted molar refractivity (Wildman–Crippen MR) is 115 cm³/mol. The largest absolute Gasteiger partial charge is 0.497 e. The van der Waals surface area contributed by atoms with Crippen LogP contribution in [-0.2, 0) is 13.1 Å². The lowest BCUT2D eigenvalue weighted by Gasteiger charge is -2.16. The number of ether oxygens (including phenoxy) is 1. The van der Waals surface area contributed by atoms with Crippen LogP contribution < -0.4 is 10.1 Å². The lowest BCUT2D eigenvalue weighted by molar-refractivity contribution is 0.0767. The van der Waals surface area contributed by atoms with E-state index in [1.165, 1.54) is 0 Å². The number of rotatable bonds is 6. The van der Waals surface area contributed by atoms with Gasteiger partial charge in [0.25, 0.3) is 11.8 Å². The first kappa shape index (κ1) is 19.2. The highest BCUT2D eigenvalue weighted by molar-refractivity contribution is 6.10. The molecule has 0 radical (unpaired) electrons. The van der Waals surface area contributed by atoms with Gasteiger partial charge in [0.05, 0.1) is 23.9 Å². The van der Waals surface area contributed by atoms with Gasteiger partial charge in [0, 0.05) is 31.4 Å². The second-order valence-corrected chi connectivity index (χ2v) is 7.91. The fourth-order valence-electron chi connectivity index (χ4n) is 3.81. The Labute approximate surface area is 180 Å². The van der Waals surface area contributed by atoms with Crippen molar-refractivity contribution in [2.24, 2.45) is 0 Å². The van der Waals surface area contributed by atoms with Crippen LogP contribution in [-0.4, -0.2) is 33.8 Å². The summed E-state index contributed by atoms with van der Waals surface area (Å²) in [5.41, 5.74) is 3.34. The lowest BCUT2D eigenvalue weighted by atomic mass is 10.1. The highest BCUT2D eigenvalue weighted by Gasteiger charge is 2.31. The molecule has 0 bridgehead atoms. The minimum absolute atomic E-state index is 0.0953. The van der Waals surface area contributed by atoms with Gasteiger partial charge in [0.1, 0.15) is 11.6 Å². The summed E-state index contributed by atoms with van der Waals surface area (Å²) in [4.78, 5) is 36.2. The van der Waals surface area contributed by atoms with Crippen molar-refractivity contribution in [2.45, 2.75) is 31.8 Å². The number of nitrogens with one attached hydrogen (secondary N) is 1. The van der Waals surface area contributed by atoms with Gasteiger partial charge < -0.3 is 15.0 Å². The Morgan fingerprint density at radius 1 is 1.13 bits per heavy atom. The van der Waals surface area contributed by atoms with Crippen molar-refractivity contribution in [1.29, 1.82) is 0 Å². The van der Waals surface area contributed by atoms with Crippen LogP contribution in [0.4, 0.5) is 5.69 Å². The molecule has 1 aromatic heterocycles. The van der Waals surface area contributed by atoms with E-state index in [0.29, 0.717) is 35.8 Å². The Morgan fingerprint density at radius 2 is 1.87 bits per heavy atom. The summed E-state index contributed by atoms with van der Waals surface area (Å²) in [6.45, 7) is 0.991. The number of aromatic nitrogens is 2. The van der Waals surface area contributed by atoms with Crippen molar-refractivity contribution in [1.82, 2.24) is 14.9 Å². The van der Waals surface area contributed by atoms with Gasteiger partial charge in [-0.25, -0.2) is 9.97 Å². The van der Waals surface area contributed by atoms with Gasteiger partial charge in [-0.2, -0.15) is 0 Å². The van der Waals surface area contributed by atoms with Crippen molar-refractivity contribution in [3.63, 3.8) is 0 Å². The summed E-state index contributed by atoms with van der Waals surface area (Å²) in [6, 6.07) is 13.2. The molecule has 1 aliphatic carbocycles. The van der Waals surface area contributed by atoms with E-state index >= 15 is 0 Å². The van der Waals surface area contributed by atoms with Crippen molar-refractivity contribution in [3.05, 3.63) is 82.9 Å². The first-order chi connectivity index (χ1) is 15.1. The molecule has 0 saturated heterocycles. The van der Waals surface area contributed by atoms with Crippen LogP contribution in [0.25, 0.3) is 0 Å². The number of nitrogens with zero attached hydrogens (tertiary/aromatic N) is 3. The normalized spacial score (nSPS) is 15.0. The van der Waals surface area contributed by atoms with E-state index in [0.717, 1.165) is 35.5 Å². The number of carbonyl (C=O) groups excluding carboxylic acids is 2. The zero-order valence-electron chi connectivity index (χ0n) is 17.2. The molecule has 7 heteroatoms. The third kappa shape index (κ3) is 3.86. The average molecular weight is 414 g/mol. The summed E-state index contributed by atoms with van der Waals surface area (Å²) in [5.74, 6) is 1.59. The molecule has 1 N–H and O–H groups in total. The van der Waals surface area contributed by atoms with E-state index in [4.69, 9.17) is 4.74 Å². The molecular weight excluding hydrogens is 392 g/mol. The van der Waals surface area contributed by atoms with Crippen LogP contribution in [0.3, 0.4) is 0 Å². The maximum Gasteiger partial charge on any atom is 0.258 e. The first-order valence-corrected chi connectivity index (χ1v) is 10.3. The molecule has 5 rings (SSSR count). The molecule has 7 nitrogen and oxygen atoms in total. The Balaban J connectivity index is 1.32. The van der Waals surface area contributed by atoms with Gasteiger partial charge in [-0.3, -0.25) is 9.59 Å². The maximum absolute atomic E-state index is 13.1. The van der Waals surface area contributed by atoms with Crippen LogP contribution in [0, 0.1) is 0 Å². The molecule has 0 spiro atoms. The smallest absolute Gasteiger partial charge is 0.258 e. The summed E-state index contributed by atoms with van der Waals surface area (Å²) in [5, 5.41) is 2.87. The Morgan fingerprint density at radius 3 is 2.55 bits per heavy atom. The van der Waals surface area contributed by atoms with Crippen LogP contribution >= 0.6 is 0 Å². The van der Waals surface area contributed by atoms with Crippen LogP contribution in [0.15, 0.2) is 54.9 Å². The van der Waals surface area contributed by atoms with Crippen LogP contribution in [0.2, 0.25) is 0 Å². The second-order valence-electron chi connectivity index (χ2n) is 7.91. The van der Waals surface area contributed by atoms with E-state index in [9.17, 15) is 9.59 Å².